The Kier molecular flexibility index (Phi) is 5.46. The molecule has 0 saturated heterocycles. The van der Waals surface area contributed by atoms with Crippen LogP contribution in [0.25, 0.3) is 10.8 Å². The van der Waals surface area contributed by atoms with E-state index in [2.05, 4.69) is 4.98 Å². The Morgan fingerprint density at radius 1 is 1.04 bits per heavy atom. The summed E-state index contributed by atoms with van der Waals surface area (Å²) in [7, 11) is -4.17. The van der Waals surface area contributed by atoms with Crippen molar-refractivity contribution in [2.75, 3.05) is 0 Å². The van der Waals surface area contributed by atoms with Crippen LogP contribution in [0.4, 0.5) is 8.78 Å². The molecule has 0 aliphatic carbocycles. The largest absolute Gasteiger partial charge is 0.294 e. The van der Waals surface area contributed by atoms with E-state index in [9.17, 15) is 26.8 Å². The fraction of sp³-hybridized carbons (Fsp3) is 0.105. The number of ketones is 1. The van der Waals surface area contributed by atoms with Gasteiger partial charge in [-0.05, 0) is 24.3 Å². The SMILES string of the molecule is O=C(CCC(=O)c1ccc(F)cc1F)NS(=O)(=O)c1cccc2cnccc12. The molecule has 6 nitrogen and oxygen atoms in total. The van der Waals surface area contributed by atoms with Crippen LogP contribution in [0.1, 0.15) is 23.2 Å². The van der Waals surface area contributed by atoms with Crippen molar-refractivity contribution in [3.8, 4) is 0 Å². The van der Waals surface area contributed by atoms with Gasteiger partial charge in [0.05, 0.1) is 10.5 Å². The number of carbonyl (C=O) groups is 2. The van der Waals surface area contributed by atoms with Crippen LogP contribution in [-0.4, -0.2) is 25.1 Å². The second-order valence-electron chi connectivity index (χ2n) is 5.93. The fourth-order valence-corrected chi connectivity index (χ4v) is 3.91. The maximum atomic E-state index is 13.6. The van der Waals surface area contributed by atoms with Gasteiger partial charge in [0, 0.05) is 42.1 Å². The Balaban J connectivity index is 1.71. The highest BCUT2D eigenvalue weighted by molar-refractivity contribution is 7.90. The topological polar surface area (TPSA) is 93.2 Å². The number of fused-ring (bicyclic) bond motifs is 1. The molecule has 0 aliphatic heterocycles. The van der Waals surface area contributed by atoms with E-state index in [1.54, 1.807) is 6.07 Å². The molecule has 1 heterocycles. The molecule has 28 heavy (non-hydrogen) atoms. The van der Waals surface area contributed by atoms with Crippen LogP contribution < -0.4 is 4.72 Å². The number of nitrogens with one attached hydrogen (secondary N) is 1. The van der Waals surface area contributed by atoms with Crippen LogP contribution >= 0.6 is 0 Å². The summed E-state index contributed by atoms with van der Waals surface area (Å²) in [5.74, 6) is -3.52. The van der Waals surface area contributed by atoms with Gasteiger partial charge in [0.25, 0.3) is 10.0 Å². The van der Waals surface area contributed by atoms with E-state index < -0.39 is 46.2 Å². The first kappa shape index (κ1) is 19.6. The third-order valence-electron chi connectivity index (χ3n) is 3.99. The summed E-state index contributed by atoms with van der Waals surface area (Å²) >= 11 is 0. The number of sulfonamides is 1. The lowest BCUT2D eigenvalue weighted by molar-refractivity contribution is -0.119. The monoisotopic (exact) mass is 404 g/mol. The summed E-state index contributed by atoms with van der Waals surface area (Å²) in [6.07, 6.45) is 2.02. The highest BCUT2D eigenvalue weighted by atomic mass is 32.2. The number of Topliss-reactive ketones (excluding diaryl/α,β-unsaturated/α-hetero) is 1. The molecule has 2 aromatic carbocycles. The Morgan fingerprint density at radius 2 is 1.82 bits per heavy atom. The number of hydrogen-bond acceptors (Lipinski definition) is 5. The summed E-state index contributed by atoms with van der Waals surface area (Å²) in [6.45, 7) is 0. The van der Waals surface area contributed by atoms with Crippen LogP contribution in [0.5, 0.6) is 0 Å². The Morgan fingerprint density at radius 3 is 2.57 bits per heavy atom. The highest BCUT2D eigenvalue weighted by Gasteiger charge is 2.21. The van der Waals surface area contributed by atoms with Gasteiger partial charge in [-0.3, -0.25) is 14.6 Å². The summed E-state index contributed by atoms with van der Waals surface area (Å²) in [5.41, 5.74) is -0.362. The molecule has 0 fully saturated rings. The molecule has 0 radical (unpaired) electrons. The Hall–Kier alpha value is -3.20. The molecular formula is C19H14F2N2O4S. The zero-order valence-electron chi connectivity index (χ0n) is 14.4. The van der Waals surface area contributed by atoms with Crippen LogP contribution in [0.15, 0.2) is 59.8 Å². The summed E-state index contributed by atoms with van der Waals surface area (Å²) in [5, 5.41) is 0.974. The minimum Gasteiger partial charge on any atom is -0.294 e. The van der Waals surface area contributed by atoms with E-state index in [4.69, 9.17) is 0 Å². The lowest BCUT2D eigenvalue weighted by Gasteiger charge is -2.09. The number of hydrogen-bond donors (Lipinski definition) is 1. The predicted molar refractivity (Wildman–Crippen MR) is 97.0 cm³/mol. The summed E-state index contributed by atoms with van der Waals surface area (Å²) in [6, 6.07) is 8.52. The van der Waals surface area contributed by atoms with Crippen molar-refractivity contribution in [3.63, 3.8) is 0 Å². The molecule has 0 saturated carbocycles. The molecule has 0 atom stereocenters. The number of halogens is 2. The number of rotatable bonds is 6. The minimum atomic E-state index is -4.17. The minimum absolute atomic E-state index is 0.100. The number of aromatic nitrogens is 1. The molecule has 0 bridgehead atoms. The van der Waals surface area contributed by atoms with Gasteiger partial charge in [-0.25, -0.2) is 21.9 Å². The van der Waals surface area contributed by atoms with E-state index in [0.717, 1.165) is 12.1 Å². The van der Waals surface area contributed by atoms with Gasteiger partial charge in [0.15, 0.2) is 5.78 Å². The highest BCUT2D eigenvalue weighted by Crippen LogP contribution is 2.22. The summed E-state index contributed by atoms with van der Waals surface area (Å²) in [4.78, 5) is 27.8. The van der Waals surface area contributed by atoms with Gasteiger partial charge in [-0.1, -0.05) is 12.1 Å². The lowest BCUT2D eigenvalue weighted by Crippen LogP contribution is -2.31. The van der Waals surface area contributed by atoms with Crippen LogP contribution in [0.2, 0.25) is 0 Å². The molecule has 1 N–H and O–H groups in total. The molecule has 1 amide bonds. The maximum absolute atomic E-state index is 13.6. The number of nitrogens with zero attached hydrogens (tertiary/aromatic N) is 1. The van der Waals surface area contributed by atoms with Crippen molar-refractivity contribution < 1.29 is 26.8 Å². The lowest BCUT2D eigenvalue weighted by atomic mass is 10.1. The van der Waals surface area contributed by atoms with Crippen LogP contribution in [0, 0.1) is 11.6 Å². The van der Waals surface area contributed by atoms with Crippen molar-refractivity contribution >= 4 is 32.5 Å². The number of amides is 1. The van der Waals surface area contributed by atoms with Crippen molar-refractivity contribution in [3.05, 3.63) is 72.1 Å². The average molecular weight is 404 g/mol. The zero-order chi connectivity index (χ0) is 20.3. The molecule has 144 valence electrons. The maximum Gasteiger partial charge on any atom is 0.264 e. The molecule has 9 heteroatoms. The van der Waals surface area contributed by atoms with E-state index in [-0.39, 0.29) is 10.5 Å². The predicted octanol–water partition coefficient (Wildman–Crippen LogP) is 2.98. The van der Waals surface area contributed by atoms with Gasteiger partial charge in [-0.15, -0.1) is 0 Å². The molecule has 0 aliphatic rings. The smallest absolute Gasteiger partial charge is 0.264 e. The van der Waals surface area contributed by atoms with Crippen LogP contribution in [-0.2, 0) is 14.8 Å². The molecule has 0 spiro atoms. The second kappa shape index (κ2) is 7.81. The molecule has 3 aromatic rings. The van der Waals surface area contributed by atoms with Crippen LogP contribution in [0.3, 0.4) is 0 Å². The van der Waals surface area contributed by atoms with Gasteiger partial charge < -0.3 is 0 Å². The molecule has 3 rings (SSSR count). The molecule has 1 aromatic heterocycles. The first-order valence-electron chi connectivity index (χ1n) is 8.14. The molecular weight excluding hydrogens is 390 g/mol. The fourth-order valence-electron chi connectivity index (χ4n) is 2.66. The van der Waals surface area contributed by atoms with Gasteiger partial charge in [0.2, 0.25) is 5.91 Å². The first-order chi connectivity index (χ1) is 13.3. The van der Waals surface area contributed by atoms with Gasteiger partial charge >= 0.3 is 0 Å². The average Bonchev–Trinajstić information content (AvgIpc) is 2.65. The van der Waals surface area contributed by atoms with E-state index in [1.165, 1.54) is 30.6 Å². The second-order valence-corrected chi connectivity index (χ2v) is 7.58. The van der Waals surface area contributed by atoms with Crippen molar-refractivity contribution in [2.24, 2.45) is 0 Å². The Labute approximate surface area is 159 Å². The van der Waals surface area contributed by atoms with Crippen molar-refractivity contribution in [2.45, 2.75) is 17.7 Å². The number of carbonyl (C=O) groups excluding carboxylic acids is 2. The van der Waals surface area contributed by atoms with Gasteiger partial charge in [0.1, 0.15) is 11.6 Å². The third kappa shape index (κ3) is 4.20. The third-order valence-corrected chi connectivity index (χ3v) is 5.42. The number of benzene rings is 2. The quantitative estimate of drug-likeness (QED) is 0.638. The molecule has 0 unspecified atom stereocenters. The normalized spacial score (nSPS) is 11.4. The van der Waals surface area contributed by atoms with Crippen molar-refractivity contribution in [1.82, 2.24) is 9.71 Å². The first-order valence-corrected chi connectivity index (χ1v) is 9.63. The standard InChI is InChI=1S/C19H14F2N2O4S/c20-13-4-5-15(16(21)10-13)17(24)6-7-19(25)23-28(26,27)18-3-1-2-12-11-22-9-8-14(12)18/h1-5,8-11H,6-7H2,(H,23,25). The van der Waals surface area contributed by atoms with E-state index >= 15 is 0 Å². The summed E-state index contributed by atoms with van der Waals surface area (Å²) < 4.78 is 53.5. The number of pyridine rings is 1. The van der Waals surface area contributed by atoms with E-state index in [1.807, 2.05) is 4.72 Å². The van der Waals surface area contributed by atoms with E-state index in [0.29, 0.717) is 16.8 Å². The van der Waals surface area contributed by atoms with Gasteiger partial charge in [-0.2, -0.15) is 0 Å². The zero-order valence-corrected chi connectivity index (χ0v) is 15.2. The Bertz CT molecular complexity index is 1170. The van der Waals surface area contributed by atoms with Crippen molar-refractivity contribution in [1.29, 1.82) is 0 Å².